The third-order valence-electron chi connectivity index (χ3n) is 8.27. The molecule has 8 nitrogen and oxygen atoms in total. The number of benzene rings is 1. The Hall–Kier alpha value is -3.16. The molecule has 1 aromatic rings. The molecule has 8 heteroatoms. The maximum atomic E-state index is 13.7. The molecule has 3 aliphatic rings. The van der Waals surface area contributed by atoms with E-state index in [1.54, 1.807) is 14.2 Å². The molecule has 200 valence electrons. The van der Waals surface area contributed by atoms with Crippen LogP contribution in [0, 0.1) is 10.8 Å². The minimum Gasteiger partial charge on any atom is -0.496 e. The number of carbonyl (C=O) groups excluding carboxylic acids is 2. The van der Waals surface area contributed by atoms with Crippen LogP contribution in [-0.4, -0.2) is 77.4 Å². The van der Waals surface area contributed by atoms with E-state index in [4.69, 9.17) is 10.1 Å². The number of rotatable bonds is 5. The Bertz CT molecular complexity index is 1150. The van der Waals surface area contributed by atoms with E-state index in [0.717, 1.165) is 22.6 Å². The van der Waals surface area contributed by atoms with Crippen LogP contribution in [0.1, 0.15) is 70.9 Å². The number of piperidine rings is 1. The Labute approximate surface area is 220 Å². The first-order valence-corrected chi connectivity index (χ1v) is 13.3. The summed E-state index contributed by atoms with van der Waals surface area (Å²) in [6.07, 6.45) is 3.85. The number of likely N-dealkylation sites (N-methyl/N-ethyl adjacent to an activating group) is 1. The molecule has 2 fully saturated rings. The molecule has 0 radical (unpaired) electrons. The number of aliphatic imine (C=N–C) groups is 1. The number of nitrogens with zero attached hydrogens (tertiary/aromatic N) is 4. The molecule has 0 aromatic heterocycles. The first-order chi connectivity index (χ1) is 17.5. The highest BCUT2D eigenvalue weighted by molar-refractivity contribution is 6.42. The average Bonchev–Trinajstić information content (AvgIpc) is 2.97. The molecular formula is C29H41N5O3. The summed E-state index contributed by atoms with van der Waals surface area (Å²) in [4.78, 5) is 37.2. The second kappa shape index (κ2) is 9.95. The SMILES string of the molecule is CCN1C(=O)N2Cc3cccc(OC)c3C(C)C=C2C12CCN(C(=O)C(CC(=N)C(C)(C)C)=NC)CC2. The van der Waals surface area contributed by atoms with E-state index < -0.39 is 5.54 Å². The molecule has 1 unspecified atom stereocenters. The van der Waals surface area contributed by atoms with Crippen LogP contribution in [-0.2, 0) is 11.3 Å². The maximum Gasteiger partial charge on any atom is 0.325 e. The van der Waals surface area contributed by atoms with Crippen molar-refractivity contribution in [1.29, 1.82) is 5.41 Å². The lowest BCUT2D eigenvalue weighted by molar-refractivity contribution is -0.126. The highest BCUT2D eigenvalue weighted by atomic mass is 16.5. The predicted molar refractivity (Wildman–Crippen MR) is 147 cm³/mol. The van der Waals surface area contributed by atoms with Gasteiger partial charge in [0.2, 0.25) is 0 Å². The molecular weight excluding hydrogens is 466 g/mol. The van der Waals surface area contributed by atoms with Gasteiger partial charge in [0.1, 0.15) is 11.5 Å². The van der Waals surface area contributed by atoms with Crippen molar-refractivity contribution in [2.45, 2.75) is 71.9 Å². The number of urea groups is 1. The minimum atomic E-state index is -0.437. The minimum absolute atomic E-state index is 0.0332. The van der Waals surface area contributed by atoms with E-state index in [1.807, 2.05) is 54.5 Å². The predicted octanol–water partition coefficient (Wildman–Crippen LogP) is 4.84. The van der Waals surface area contributed by atoms with Crippen LogP contribution in [0.3, 0.4) is 0 Å². The molecule has 0 saturated carbocycles. The van der Waals surface area contributed by atoms with Gasteiger partial charge in [-0.05, 0) is 36.8 Å². The van der Waals surface area contributed by atoms with Crippen LogP contribution < -0.4 is 4.74 Å². The number of amides is 3. The van der Waals surface area contributed by atoms with Crippen molar-refractivity contribution in [2.24, 2.45) is 10.4 Å². The Kier molecular flexibility index (Phi) is 7.23. The summed E-state index contributed by atoms with van der Waals surface area (Å²) in [6.45, 7) is 12.4. The van der Waals surface area contributed by atoms with Crippen LogP contribution in [0.5, 0.6) is 5.75 Å². The molecule has 4 rings (SSSR count). The molecule has 3 aliphatic heterocycles. The molecule has 1 spiro atoms. The van der Waals surface area contributed by atoms with E-state index in [9.17, 15) is 9.59 Å². The zero-order chi connectivity index (χ0) is 27.1. The first-order valence-electron chi connectivity index (χ1n) is 13.3. The topological polar surface area (TPSA) is 89.3 Å². The standard InChI is InChI=1S/C29H41N5O3/c1-8-34-27(36)33-18-20-10-9-11-22(37-7)25(20)19(2)16-24(33)29(34)12-14-32(15-13-29)26(35)21(31-6)17-23(30)28(3,4)5/h9-11,16,19,30H,8,12-15,17-18H2,1-7H3. The Morgan fingerprint density at radius 2 is 1.92 bits per heavy atom. The van der Waals surface area contributed by atoms with Gasteiger partial charge in [0, 0.05) is 56.0 Å². The second-order valence-electron chi connectivity index (χ2n) is 11.4. The summed E-state index contributed by atoms with van der Waals surface area (Å²) in [5.74, 6) is 0.843. The van der Waals surface area contributed by atoms with Gasteiger partial charge in [-0.3, -0.25) is 14.7 Å². The van der Waals surface area contributed by atoms with Gasteiger partial charge >= 0.3 is 6.03 Å². The lowest BCUT2D eigenvalue weighted by Crippen LogP contribution is -2.55. The number of allylic oxidation sites excluding steroid dienone is 1. The monoisotopic (exact) mass is 507 g/mol. The smallest absolute Gasteiger partial charge is 0.325 e. The number of hydrogen-bond acceptors (Lipinski definition) is 5. The van der Waals surface area contributed by atoms with Crippen molar-refractivity contribution < 1.29 is 14.3 Å². The molecule has 37 heavy (non-hydrogen) atoms. The summed E-state index contributed by atoms with van der Waals surface area (Å²) in [5.41, 5.74) is 3.48. The third kappa shape index (κ3) is 4.55. The van der Waals surface area contributed by atoms with Gasteiger partial charge in [0.15, 0.2) is 0 Å². The van der Waals surface area contributed by atoms with Crippen molar-refractivity contribution in [1.82, 2.24) is 14.7 Å². The van der Waals surface area contributed by atoms with E-state index in [1.165, 1.54) is 0 Å². The van der Waals surface area contributed by atoms with Gasteiger partial charge in [-0.2, -0.15) is 0 Å². The summed E-state index contributed by atoms with van der Waals surface area (Å²) < 4.78 is 5.67. The normalized spacial score (nSPS) is 21.4. The molecule has 1 N–H and O–H groups in total. The van der Waals surface area contributed by atoms with Gasteiger partial charge in [-0.1, -0.05) is 45.9 Å². The van der Waals surface area contributed by atoms with E-state index in [2.05, 4.69) is 24.1 Å². The number of nitrogens with one attached hydrogen (secondary N) is 1. The Morgan fingerprint density at radius 1 is 1.24 bits per heavy atom. The third-order valence-corrected chi connectivity index (χ3v) is 8.27. The quantitative estimate of drug-likeness (QED) is 0.578. The summed E-state index contributed by atoms with van der Waals surface area (Å²) in [6, 6.07) is 6.09. The number of methoxy groups -OCH3 is 1. The lowest BCUT2D eigenvalue weighted by atomic mass is 9.81. The van der Waals surface area contributed by atoms with Crippen LogP contribution in [0.2, 0.25) is 0 Å². The van der Waals surface area contributed by atoms with Crippen LogP contribution in [0.15, 0.2) is 35.0 Å². The number of hydrogen-bond donors (Lipinski definition) is 1. The molecule has 2 saturated heterocycles. The highest BCUT2D eigenvalue weighted by Crippen LogP contribution is 2.48. The highest BCUT2D eigenvalue weighted by Gasteiger charge is 2.55. The van der Waals surface area contributed by atoms with Gasteiger partial charge in [0.25, 0.3) is 5.91 Å². The summed E-state index contributed by atoms with van der Waals surface area (Å²) in [7, 11) is 3.32. The largest absolute Gasteiger partial charge is 0.496 e. The molecule has 1 atom stereocenters. The van der Waals surface area contributed by atoms with Crippen molar-refractivity contribution in [3.8, 4) is 5.75 Å². The van der Waals surface area contributed by atoms with Crippen molar-refractivity contribution in [3.05, 3.63) is 41.1 Å². The van der Waals surface area contributed by atoms with E-state index >= 15 is 0 Å². The van der Waals surface area contributed by atoms with Gasteiger partial charge in [-0.15, -0.1) is 0 Å². The van der Waals surface area contributed by atoms with Gasteiger partial charge in [-0.25, -0.2) is 4.79 Å². The molecule has 3 heterocycles. The van der Waals surface area contributed by atoms with Crippen molar-refractivity contribution in [2.75, 3.05) is 33.8 Å². The molecule has 1 aromatic carbocycles. The van der Waals surface area contributed by atoms with Crippen LogP contribution in [0.4, 0.5) is 4.79 Å². The van der Waals surface area contributed by atoms with Crippen LogP contribution >= 0.6 is 0 Å². The second-order valence-corrected chi connectivity index (χ2v) is 11.4. The maximum absolute atomic E-state index is 13.7. The fraction of sp³-hybridized carbons (Fsp3) is 0.586. The number of likely N-dealkylation sites (tertiary alicyclic amines) is 1. The van der Waals surface area contributed by atoms with Gasteiger partial charge in [0.05, 0.1) is 19.2 Å². The molecule has 3 amide bonds. The number of ether oxygens (including phenoxy) is 1. The first kappa shape index (κ1) is 26.9. The zero-order valence-corrected chi connectivity index (χ0v) is 23.4. The van der Waals surface area contributed by atoms with Gasteiger partial charge < -0.3 is 19.9 Å². The number of fused-ring (bicyclic) bond motifs is 3. The fourth-order valence-electron chi connectivity index (χ4n) is 6.04. The fourth-order valence-corrected chi connectivity index (χ4v) is 6.04. The number of carbonyl (C=O) groups is 2. The summed E-state index contributed by atoms with van der Waals surface area (Å²) >= 11 is 0. The Morgan fingerprint density at radius 3 is 2.49 bits per heavy atom. The van der Waals surface area contributed by atoms with E-state index in [-0.39, 0.29) is 29.7 Å². The van der Waals surface area contributed by atoms with Crippen molar-refractivity contribution >= 4 is 23.4 Å². The molecule has 0 bridgehead atoms. The molecule has 0 aliphatic carbocycles. The zero-order valence-electron chi connectivity index (χ0n) is 23.4. The summed E-state index contributed by atoms with van der Waals surface area (Å²) in [5, 5.41) is 8.39. The van der Waals surface area contributed by atoms with Crippen LogP contribution in [0.25, 0.3) is 0 Å². The van der Waals surface area contributed by atoms with Crippen molar-refractivity contribution in [3.63, 3.8) is 0 Å². The lowest BCUT2D eigenvalue weighted by Gasteiger charge is -2.44. The average molecular weight is 508 g/mol. The van der Waals surface area contributed by atoms with E-state index in [0.29, 0.717) is 50.4 Å². The Balaban J connectivity index is 1.61.